The predicted octanol–water partition coefficient (Wildman–Crippen LogP) is 2.45. The molecular weight excluding hydrogens is 380 g/mol. The SMILES string of the molecule is Cc1cn(C)nc1-c1cccnc1N1CCN([C@@H]2CCC3(C2)CN(C(=O)O)C3)CC1. The number of nitrogens with zero attached hydrogens (tertiary/aromatic N) is 6. The van der Waals surface area contributed by atoms with Gasteiger partial charge in [-0.3, -0.25) is 9.58 Å². The molecule has 8 heteroatoms. The molecule has 1 saturated carbocycles. The molecule has 0 aromatic carbocycles. The van der Waals surface area contributed by atoms with E-state index >= 15 is 0 Å². The summed E-state index contributed by atoms with van der Waals surface area (Å²) >= 11 is 0. The number of hydrogen-bond acceptors (Lipinski definition) is 5. The van der Waals surface area contributed by atoms with Crippen molar-refractivity contribution in [2.75, 3.05) is 44.2 Å². The molecule has 2 aliphatic heterocycles. The third-order valence-electron chi connectivity index (χ3n) is 7.18. The predicted molar refractivity (Wildman–Crippen MR) is 115 cm³/mol. The Morgan fingerprint density at radius 3 is 2.67 bits per heavy atom. The van der Waals surface area contributed by atoms with Crippen molar-refractivity contribution in [3.8, 4) is 11.3 Å². The summed E-state index contributed by atoms with van der Waals surface area (Å²) in [6.07, 6.45) is 6.63. The number of carbonyl (C=O) groups is 1. The van der Waals surface area contributed by atoms with Crippen LogP contribution in [0.25, 0.3) is 11.3 Å². The number of aryl methyl sites for hydroxylation is 2. The zero-order valence-electron chi connectivity index (χ0n) is 17.8. The molecule has 0 radical (unpaired) electrons. The van der Waals surface area contributed by atoms with Gasteiger partial charge in [0.25, 0.3) is 0 Å². The Hall–Kier alpha value is -2.61. The molecule has 1 aliphatic carbocycles. The number of rotatable bonds is 3. The van der Waals surface area contributed by atoms with Gasteiger partial charge >= 0.3 is 6.09 Å². The molecule has 5 rings (SSSR count). The molecule has 2 saturated heterocycles. The van der Waals surface area contributed by atoms with Crippen LogP contribution in [0.3, 0.4) is 0 Å². The Balaban J connectivity index is 1.24. The topological polar surface area (TPSA) is 77.7 Å². The summed E-state index contributed by atoms with van der Waals surface area (Å²) in [5, 5.41) is 13.8. The lowest BCUT2D eigenvalue weighted by atomic mass is 9.78. The van der Waals surface area contributed by atoms with Gasteiger partial charge in [-0.25, -0.2) is 9.78 Å². The zero-order chi connectivity index (χ0) is 20.9. The van der Waals surface area contributed by atoms with Crippen molar-refractivity contribution in [1.82, 2.24) is 24.6 Å². The molecule has 8 nitrogen and oxygen atoms in total. The van der Waals surface area contributed by atoms with E-state index in [0.29, 0.717) is 6.04 Å². The largest absolute Gasteiger partial charge is 0.465 e. The summed E-state index contributed by atoms with van der Waals surface area (Å²) in [5.74, 6) is 1.03. The first-order valence-electron chi connectivity index (χ1n) is 10.9. The van der Waals surface area contributed by atoms with Crippen LogP contribution >= 0.6 is 0 Å². The molecule has 3 fully saturated rings. The van der Waals surface area contributed by atoms with E-state index in [4.69, 9.17) is 10.1 Å². The zero-order valence-corrected chi connectivity index (χ0v) is 17.8. The smallest absolute Gasteiger partial charge is 0.407 e. The lowest BCUT2D eigenvalue weighted by Crippen LogP contribution is -2.58. The molecule has 3 aliphatic rings. The summed E-state index contributed by atoms with van der Waals surface area (Å²) in [5.41, 5.74) is 3.52. The van der Waals surface area contributed by atoms with Crippen LogP contribution in [-0.4, -0.2) is 81.1 Å². The monoisotopic (exact) mass is 410 g/mol. The molecule has 1 N–H and O–H groups in total. The van der Waals surface area contributed by atoms with E-state index in [1.54, 1.807) is 4.90 Å². The van der Waals surface area contributed by atoms with Crippen molar-refractivity contribution >= 4 is 11.9 Å². The molecular formula is C22H30N6O2. The maximum Gasteiger partial charge on any atom is 0.407 e. The van der Waals surface area contributed by atoms with Gasteiger partial charge in [-0.2, -0.15) is 5.10 Å². The van der Waals surface area contributed by atoms with Crippen LogP contribution in [0.15, 0.2) is 24.5 Å². The highest BCUT2D eigenvalue weighted by Gasteiger charge is 2.50. The maximum absolute atomic E-state index is 11.1. The lowest BCUT2D eigenvalue weighted by molar-refractivity contribution is 0.00903. The van der Waals surface area contributed by atoms with Crippen molar-refractivity contribution < 1.29 is 9.90 Å². The fourth-order valence-corrected chi connectivity index (χ4v) is 5.68. The van der Waals surface area contributed by atoms with E-state index in [-0.39, 0.29) is 5.41 Å². The normalized spacial score (nSPS) is 23.7. The number of pyridine rings is 1. The molecule has 30 heavy (non-hydrogen) atoms. The van der Waals surface area contributed by atoms with Gasteiger partial charge in [-0.05, 0) is 43.9 Å². The minimum absolute atomic E-state index is 0.241. The van der Waals surface area contributed by atoms with E-state index in [1.165, 1.54) is 6.42 Å². The van der Waals surface area contributed by atoms with E-state index in [1.807, 2.05) is 30.2 Å². The van der Waals surface area contributed by atoms with Gasteiger partial charge in [0.1, 0.15) is 5.82 Å². The highest BCUT2D eigenvalue weighted by molar-refractivity contribution is 5.75. The highest BCUT2D eigenvalue weighted by atomic mass is 16.4. The highest BCUT2D eigenvalue weighted by Crippen LogP contribution is 2.47. The van der Waals surface area contributed by atoms with Gasteiger partial charge in [-0.1, -0.05) is 0 Å². The number of piperazine rings is 1. The second kappa shape index (κ2) is 7.27. The second-order valence-corrected chi connectivity index (χ2v) is 9.27. The van der Waals surface area contributed by atoms with Crippen molar-refractivity contribution in [3.63, 3.8) is 0 Å². The fourth-order valence-electron chi connectivity index (χ4n) is 5.68. The molecule has 160 valence electrons. The second-order valence-electron chi connectivity index (χ2n) is 9.27. The van der Waals surface area contributed by atoms with E-state index in [2.05, 4.69) is 27.9 Å². The van der Waals surface area contributed by atoms with Gasteiger partial charge in [0.2, 0.25) is 0 Å². The Morgan fingerprint density at radius 1 is 1.23 bits per heavy atom. The summed E-state index contributed by atoms with van der Waals surface area (Å²) in [7, 11) is 1.96. The van der Waals surface area contributed by atoms with Crippen LogP contribution in [0.1, 0.15) is 24.8 Å². The fraction of sp³-hybridized carbons (Fsp3) is 0.591. The quantitative estimate of drug-likeness (QED) is 0.838. The molecule has 1 amide bonds. The van der Waals surface area contributed by atoms with Crippen LogP contribution in [0.4, 0.5) is 10.6 Å². The van der Waals surface area contributed by atoms with Gasteiger partial charge in [0.15, 0.2) is 0 Å². The Morgan fingerprint density at radius 2 is 2.00 bits per heavy atom. The maximum atomic E-state index is 11.1. The molecule has 2 aromatic rings. The summed E-state index contributed by atoms with van der Waals surface area (Å²) < 4.78 is 1.86. The minimum atomic E-state index is -0.771. The number of aromatic nitrogens is 3. The van der Waals surface area contributed by atoms with Crippen LogP contribution in [-0.2, 0) is 7.05 Å². The van der Waals surface area contributed by atoms with E-state index < -0.39 is 6.09 Å². The average Bonchev–Trinajstić information content (AvgIpc) is 3.30. The first kappa shape index (κ1) is 19.4. The third kappa shape index (κ3) is 3.33. The van der Waals surface area contributed by atoms with Crippen molar-refractivity contribution in [1.29, 1.82) is 0 Å². The lowest BCUT2D eigenvalue weighted by Gasteiger charge is -2.47. The number of carboxylic acid groups (broad SMARTS) is 1. The number of amides is 1. The Bertz CT molecular complexity index is 943. The Labute approximate surface area is 177 Å². The molecule has 2 aromatic heterocycles. The molecule has 1 atom stereocenters. The van der Waals surface area contributed by atoms with Crippen LogP contribution < -0.4 is 4.90 Å². The van der Waals surface area contributed by atoms with Crippen molar-refractivity contribution in [2.24, 2.45) is 12.5 Å². The number of anilines is 1. The van der Waals surface area contributed by atoms with Gasteiger partial charge in [0, 0.05) is 75.7 Å². The number of likely N-dealkylation sites (tertiary alicyclic amines) is 1. The first-order chi connectivity index (χ1) is 14.4. The van der Waals surface area contributed by atoms with Gasteiger partial charge < -0.3 is 14.9 Å². The van der Waals surface area contributed by atoms with Crippen LogP contribution in [0.5, 0.6) is 0 Å². The van der Waals surface area contributed by atoms with E-state index in [0.717, 1.165) is 74.7 Å². The van der Waals surface area contributed by atoms with Crippen LogP contribution in [0, 0.1) is 12.3 Å². The van der Waals surface area contributed by atoms with Crippen molar-refractivity contribution in [2.45, 2.75) is 32.2 Å². The number of hydrogen-bond donors (Lipinski definition) is 1. The van der Waals surface area contributed by atoms with Crippen LogP contribution in [0.2, 0.25) is 0 Å². The van der Waals surface area contributed by atoms with E-state index in [9.17, 15) is 4.79 Å². The summed E-state index contributed by atoms with van der Waals surface area (Å²) in [4.78, 5) is 22.4. The first-order valence-corrected chi connectivity index (χ1v) is 10.9. The summed E-state index contributed by atoms with van der Waals surface area (Å²) in [6, 6.07) is 4.69. The standard InChI is InChI=1S/C22H30N6O2/c1-16-13-25(2)24-19(16)18-4-3-7-23-20(18)27-10-8-26(9-11-27)17-5-6-22(12-17)14-28(15-22)21(29)30/h3-4,7,13,17H,5-6,8-12,14-15H2,1-2H3,(H,29,30)/t17-/m1/s1. The molecule has 0 bridgehead atoms. The molecule has 4 heterocycles. The molecule has 1 spiro atoms. The Kier molecular flexibility index (Phi) is 4.69. The third-order valence-corrected chi connectivity index (χ3v) is 7.18. The van der Waals surface area contributed by atoms with Gasteiger partial charge in [-0.15, -0.1) is 0 Å². The average molecular weight is 411 g/mol. The molecule has 0 unspecified atom stereocenters. The van der Waals surface area contributed by atoms with Crippen molar-refractivity contribution in [3.05, 3.63) is 30.1 Å². The van der Waals surface area contributed by atoms with Gasteiger partial charge in [0.05, 0.1) is 5.69 Å². The minimum Gasteiger partial charge on any atom is -0.465 e. The summed E-state index contributed by atoms with van der Waals surface area (Å²) in [6.45, 7) is 7.51.